The van der Waals surface area contributed by atoms with Crippen LogP contribution in [0.15, 0.2) is 87.7 Å². The highest BCUT2D eigenvalue weighted by atomic mass is 32.2. The first-order valence-electron chi connectivity index (χ1n) is 10.1. The van der Waals surface area contributed by atoms with E-state index in [-0.39, 0.29) is 18.1 Å². The smallest absolute Gasteiger partial charge is 0.297 e. The fraction of sp³-hybridized carbons (Fsp3) is 0.167. The molecule has 1 aliphatic heterocycles. The molecule has 3 aromatic rings. The number of hydrogen-bond acceptors (Lipinski definition) is 8. The fourth-order valence-corrected chi connectivity index (χ4v) is 4.80. The first kappa shape index (κ1) is 22.7. The van der Waals surface area contributed by atoms with Crippen LogP contribution in [0.25, 0.3) is 0 Å². The summed E-state index contributed by atoms with van der Waals surface area (Å²) in [6.45, 7) is 2.28. The Morgan fingerprint density at radius 3 is 2.52 bits per heavy atom. The second-order valence-corrected chi connectivity index (χ2v) is 9.74. The van der Waals surface area contributed by atoms with Crippen molar-refractivity contribution in [3.63, 3.8) is 0 Å². The van der Waals surface area contributed by atoms with Gasteiger partial charge in [0.05, 0.1) is 21.1 Å². The molecule has 0 bridgehead atoms. The van der Waals surface area contributed by atoms with Gasteiger partial charge in [0.2, 0.25) is 0 Å². The van der Waals surface area contributed by atoms with Gasteiger partial charge >= 0.3 is 0 Å². The monoisotopic (exact) mass is 479 g/mol. The van der Waals surface area contributed by atoms with E-state index in [0.29, 0.717) is 23.7 Å². The number of rotatable bonds is 8. The zero-order valence-electron chi connectivity index (χ0n) is 17.8. The van der Waals surface area contributed by atoms with Crippen LogP contribution in [-0.2, 0) is 14.3 Å². The summed E-state index contributed by atoms with van der Waals surface area (Å²) in [5.74, 6) is 0.583. The fourth-order valence-electron chi connectivity index (χ4n) is 3.16. The zero-order chi connectivity index (χ0) is 23.3. The molecule has 1 aromatic heterocycles. The van der Waals surface area contributed by atoms with Crippen LogP contribution in [0.4, 0.5) is 5.69 Å². The van der Waals surface area contributed by atoms with Crippen LogP contribution in [0.2, 0.25) is 0 Å². The van der Waals surface area contributed by atoms with Crippen molar-refractivity contribution in [3.8, 4) is 11.8 Å². The lowest BCUT2D eigenvalue weighted by molar-refractivity contribution is 0.221. The first-order valence-corrected chi connectivity index (χ1v) is 12.4. The van der Waals surface area contributed by atoms with Crippen molar-refractivity contribution in [1.82, 2.24) is 0 Å². The Bertz CT molecular complexity index is 1310. The summed E-state index contributed by atoms with van der Waals surface area (Å²) < 4.78 is 35.1. The van der Waals surface area contributed by atoms with Gasteiger partial charge in [-0.05, 0) is 54.8 Å². The number of ether oxygens (including phenoxy) is 1. The third-order valence-electron chi connectivity index (χ3n) is 4.86. The van der Waals surface area contributed by atoms with Crippen molar-refractivity contribution < 1.29 is 17.3 Å². The average Bonchev–Trinajstić information content (AvgIpc) is 3.37. The second-order valence-electron chi connectivity index (χ2n) is 7.18. The Labute approximate surface area is 197 Å². The van der Waals surface area contributed by atoms with Crippen LogP contribution in [-0.4, -0.2) is 34.0 Å². The molecule has 0 amide bonds. The maximum Gasteiger partial charge on any atom is 0.297 e. The number of benzene rings is 2. The predicted octanol–water partition coefficient (Wildman–Crippen LogP) is 4.52. The van der Waals surface area contributed by atoms with Crippen LogP contribution < -0.4 is 9.64 Å². The van der Waals surface area contributed by atoms with Gasteiger partial charge in [-0.25, -0.2) is 0 Å². The SMILES string of the molecule is Cc1ccc(S(=O)(=O)OCCOc2ccc(N3C=C(C#N)C(c4cccs4)=NC3)cc2)cc1. The number of nitriles is 1. The third kappa shape index (κ3) is 5.49. The van der Waals surface area contributed by atoms with Crippen molar-refractivity contribution in [3.05, 3.63) is 88.3 Å². The van der Waals surface area contributed by atoms with E-state index >= 15 is 0 Å². The van der Waals surface area contributed by atoms with E-state index in [2.05, 4.69) is 11.1 Å². The highest BCUT2D eigenvalue weighted by molar-refractivity contribution is 7.86. The maximum absolute atomic E-state index is 12.2. The Morgan fingerprint density at radius 1 is 1.09 bits per heavy atom. The van der Waals surface area contributed by atoms with E-state index < -0.39 is 10.1 Å². The summed E-state index contributed by atoms with van der Waals surface area (Å²) in [7, 11) is -3.81. The molecule has 0 atom stereocenters. The van der Waals surface area contributed by atoms with Gasteiger partial charge < -0.3 is 9.64 Å². The van der Waals surface area contributed by atoms with Gasteiger partial charge in [0, 0.05) is 11.9 Å². The van der Waals surface area contributed by atoms with E-state index in [1.165, 1.54) is 12.1 Å². The van der Waals surface area contributed by atoms with Crippen LogP contribution >= 0.6 is 11.3 Å². The van der Waals surface area contributed by atoms with Crippen molar-refractivity contribution >= 4 is 32.9 Å². The first-order chi connectivity index (χ1) is 16.0. The van der Waals surface area contributed by atoms with Crippen molar-refractivity contribution in [2.75, 3.05) is 24.8 Å². The van der Waals surface area contributed by atoms with Crippen molar-refractivity contribution in [2.45, 2.75) is 11.8 Å². The number of allylic oxidation sites excluding steroid dienone is 1. The predicted molar refractivity (Wildman–Crippen MR) is 128 cm³/mol. The molecule has 168 valence electrons. The topological polar surface area (TPSA) is 92.0 Å². The molecule has 2 aromatic carbocycles. The summed E-state index contributed by atoms with van der Waals surface area (Å²) in [6, 6.07) is 19.9. The lowest BCUT2D eigenvalue weighted by atomic mass is 10.1. The normalized spacial score (nSPS) is 13.8. The van der Waals surface area contributed by atoms with E-state index in [1.807, 2.05) is 41.5 Å². The van der Waals surface area contributed by atoms with Gasteiger partial charge in [-0.2, -0.15) is 13.7 Å². The minimum absolute atomic E-state index is 0.0844. The molecular weight excluding hydrogens is 458 g/mol. The van der Waals surface area contributed by atoms with Crippen LogP contribution in [0.3, 0.4) is 0 Å². The van der Waals surface area contributed by atoms with Gasteiger partial charge in [-0.3, -0.25) is 9.18 Å². The number of aryl methyl sites for hydroxylation is 1. The molecule has 0 spiro atoms. The summed E-state index contributed by atoms with van der Waals surface area (Å²) in [5.41, 5.74) is 3.06. The lowest BCUT2D eigenvalue weighted by Gasteiger charge is -2.23. The van der Waals surface area contributed by atoms with Gasteiger partial charge in [0.25, 0.3) is 10.1 Å². The minimum Gasteiger partial charge on any atom is -0.491 e. The van der Waals surface area contributed by atoms with E-state index in [0.717, 1.165) is 16.1 Å². The van der Waals surface area contributed by atoms with Gasteiger partial charge in [0.15, 0.2) is 0 Å². The molecule has 0 aliphatic carbocycles. The van der Waals surface area contributed by atoms with Crippen LogP contribution in [0.5, 0.6) is 5.75 Å². The molecule has 0 saturated heterocycles. The maximum atomic E-state index is 12.2. The Kier molecular flexibility index (Phi) is 6.89. The molecule has 9 heteroatoms. The molecule has 0 saturated carbocycles. The summed E-state index contributed by atoms with van der Waals surface area (Å²) >= 11 is 1.55. The number of anilines is 1. The van der Waals surface area contributed by atoms with E-state index in [1.54, 1.807) is 41.8 Å². The second kappa shape index (κ2) is 10.0. The molecule has 0 unspecified atom stereocenters. The number of nitrogens with zero attached hydrogens (tertiary/aromatic N) is 3. The molecule has 4 rings (SSSR count). The van der Waals surface area contributed by atoms with Crippen molar-refractivity contribution in [1.29, 1.82) is 5.26 Å². The molecule has 0 N–H and O–H groups in total. The summed E-state index contributed by atoms with van der Waals surface area (Å²) in [5, 5.41) is 11.5. The highest BCUT2D eigenvalue weighted by Gasteiger charge is 2.18. The van der Waals surface area contributed by atoms with Gasteiger partial charge in [0.1, 0.15) is 31.7 Å². The largest absolute Gasteiger partial charge is 0.491 e. The minimum atomic E-state index is -3.81. The summed E-state index contributed by atoms with van der Waals surface area (Å²) in [4.78, 5) is 7.55. The lowest BCUT2D eigenvalue weighted by Crippen LogP contribution is -2.24. The van der Waals surface area contributed by atoms with Crippen LogP contribution in [0, 0.1) is 18.3 Å². The van der Waals surface area contributed by atoms with Crippen LogP contribution in [0.1, 0.15) is 10.4 Å². The third-order valence-corrected chi connectivity index (χ3v) is 7.07. The van der Waals surface area contributed by atoms with E-state index in [4.69, 9.17) is 8.92 Å². The molecule has 2 heterocycles. The molecule has 7 nitrogen and oxygen atoms in total. The molecule has 33 heavy (non-hydrogen) atoms. The Morgan fingerprint density at radius 2 is 1.85 bits per heavy atom. The standard InChI is InChI=1S/C24H21N3O4S2/c1-18-4-10-22(11-5-18)33(28,29)31-13-12-30-21-8-6-20(7-9-21)27-16-19(15-25)24(26-17-27)23-3-2-14-32-23/h2-11,14,16H,12-13,17H2,1H3. The quantitative estimate of drug-likeness (QED) is 0.349. The molecule has 0 fully saturated rings. The van der Waals surface area contributed by atoms with Gasteiger partial charge in [-0.15, -0.1) is 11.3 Å². The zero-order valence-corrected chi connectivity index (χ0v) is 19.5. The number of aliphatic imine (C=N–C) groups is 1. The highest BCUT2D eigenvalue weighted by Crippen LogP contribution is 2.25. The number of thiophene rings is 1. The van der Waals surface area contributed by atoms with Crippen molar-refractivity contribution in [2.24, 2.45) is 4.99 Å². The Hall–Kier alpha value is -3.45. The molecule has 0 radical (unpaired) electrons. The Balaban J connectivity index is 1.31. The number of hydrogen-bond donors (Lipinski definition) is 0. The average molecular weight is 480 g/mol. The molecule has 1 aliphatic rings. The van der Waals surface area contributed by atoms with Gasteiger partial charge in [-0.1, -0.05) is 23.8 Å². The van der Waals surface area contributed by atoms with E-state index in [9.17, 15) is 13.7 Å². The molecular formula is C24H21N3O4S2. The summed E-state index contributed by atoms with van der Waals surface area (Å²) in [6.07, 6.45) is 1.79.